The zero-order valence-corrected chi connectivity index (χ0v) is 7.09. The van der Waals surface area contributed by atoms with Gasteiger partial charge in [0.2, 0.25) is 0 Å². The molecule has 0 saturated carbocycles. The van der Waals surface area contributed by atoms with Crippen molar-refractivity contribution in [1.29, 1.82) is 0 Å². The highest BCUT2D eigenvalue weighted by atomic mass is 16.5. The molecule has 0 atom stereocenters. The molecular weight excluding hydrogens is 140 g/mol. The van der Waals surface area contributed by atoms with Crippen molar-refractivity contribution in [2.45, 2.75) is 13.8 Å². The van der Waals surface area contributed by atoms with Gasteiger partial charge >= 0.3 is 5.97 Å². The van der Waals surface area contributed by atoms with Gasteiger partial charge in [-0.05, 0) is 5.92 Å². The van der Waals surface area contributed by atoms with Crippen LogP contribution in [0.4, 0.5) is 0 Å². The van der Waals surface area contributed by atoms with Crippen LogP contribution in [0.2, 0.25) is 0 Å². The van der Waals surface area contributed by atoms with Crippen LogP contribution in [0.25, 0.3) is 0 Å². The van der Waals surface area contributed by atoms with Crippen LogP contribution in [0.3, 0.4) is 0 Å². The Morgan fingerprint density at radius 1 is 1.64 bits per heavy atom. The fourth-order valence-corrected chi connectivity index (χ4v) is 0.418. The Labute approximate surface area is 67.6 Å². The second kappa shape index (κ2) is 4.72. The van der Waals surface area contributed by atoms with Crippen LogP contribution in [0.15, 0.2) is 24.8 Å². The molecule has 0 bridgehead atoms. The quantitative estimate of drug-likeness (QED) is 0.351. The minimum absolute atomic E-state index is 0.311. The molecule has 0 aromatic carbocycles. The third-order valence-electron chi connectivity index (χ3n) is 1.06. The molecular formula is C9H14O2. The summed E-state index contributed by atoms with van der Waals surface area (Å²) < 4.78 is 4.85. The fourth-order valence-electron chi connectivity index (χ4n) is 0.418. The van der Waals surface area contributed by atoms with E-state index < -0.39 is 0 Å². The Hall–Kier alpha value is -1.05. The van der Waals surface area contributed by atoms with Crippen molar-refractivity contribution in [3.63, 3.8) is 0 Å². The van der Waals surface area contributed by atoms with Gasteiger partial charge in [-0.3, -0.25) is 0 Å². The zero-order chi connectivity index (χ0) is 8.85. The molecule has 0 rings (SSSR count). The molecule has 2 heteroatoms. The maximum absolute atomic E-state index is 10.9. The van der Waals surface area contributed by atoms with Crippen LogP contribution in [0, 0.1) is 5.92 Å². The number of hydrogen-bond donors (Lipinski definition) is 0. The maximum atomic E-state index is 10.9. The molecule has 0 aliphatic heterocycles. The third-order valence-corrected chi connectivity index (χ3v) is 1.06. The molecule has 0 amide bonds. The first-order chi connectivity index (χ1) is 5.07. The molecule has 0 heterocycles. The molecule has 0 aromatic rings. The topological polar surface area (TPSA) is 26.3 Å². The predicted molar refractivity (Wildman–Crippen MR) is 45.1 cm³/mol. The van der Waals surface area contributed by atoms with Crippen molar-refractivity contribution >= 4 is 5.97 Å². The monoisotopic (exact) mass is 154 g/mol. The first-order valence-electron chi connectivity index (χ1n) is 3.56. The van der Waals surface area contributed by atoms with Crippen LogP contribution in [-0.4, -0.2) is 12.6 Å². The van der Waals surface area contributed by atoms with E-state index in [1.54, 1.807) is 0 Å². The van der Waals surface area contributed by atoms with Crippen LogP contribution in [0.5, 0.6) is 0 Å². The van der Waals surface area contributed by atoms with Crippen molar-refractivity contribution in [1.82, 2.24) is 0 Å². The van der Waals surface area contributed by atoms with E-state index in [2.05, 4.69) is 13.2 Å². The number of ether oxygens (including phenoxy) is 1. The molecule has 0 unspecified atom stereocenters. The Kier molecular flexibility index (Phi) is 4.27. The fraction of sp³-hybridized carbons (Fsp3) is 0.444. The Morgan fingerprint density at radius 2 is 2.18 bits per heavy atom. The van der Waals surface area contributed by atoms with Crippen molar-refractivity contribution in [3.05, 3.63) is 24.8 Å². The SMILES string of the molecule is C=CC(=C)C(=O)OCC(C)C. The summed E-state index contributed by atoms with van der Waals surface area (Å²) in [6.45, 7) is 11.3. The summed E-state index contributed by atoms with van der Waals surface area (Å²) in [5.74, 6) is -0.0229. The third kappa shape index (κ3) is 4.37. The highest BCUT2D eigenvalue weighted by molar-refractivity contribution is 5.90. The summed E-state index contributed by atoms with van der Waals surface area (Å²) in [6, 6.07) is 0. The van der Waals surface area contributed by atoms with Crippen LogP contribution < -0.4 is 0 Å². The van der Waals surface area contributed by atoms with Gasteiger partial charge in [-0.2, -0.15) is 0 Å². The van der Waals surface area contributed by atoms with E-state index in [1.807, 2.05) is 13.8 Å². The minimum Gasteiger partial charge on any atom is -0.462 e. The van der Waals surface area contributed by atoms with Crippen LogP contribution in [0.1, 0.15) is 13.8 Å². The zero-order valence-electron chi connectivity index (χ0n) is 7.09. The molecule has 62 valence electrons. The van der Waals surface area contributed by atoms with E-state index in [-0.39, 0.29) is 5.97 Å². The second-order valence-electron chi connectivity index (χ2n) is 2.72. The van der Waals surface area contributed by atoms with Gasteiger partial charge in [-0.25, -0.2) is 4.79 Å². The number of hydrogen-bond acceptors (Lipinski definition) is 2. The van der Waals surface area contributed by atoms with Gasteiger partial charge in [0, 0.05) is 0 Å². The Bertz CT molecular complexity index is 168. The van der Waals surface area contributed by atoms with Crippen molar-refractivity contribution < 1.29 is 9.53 Å². The summed E-state index contributed by atoms with van der Waals surface area (Å²) in [5, 5.41) is 0. The maximum Gasteiger partial charge on any atom is 0.337 e. The smallest absolute Gasteiger partial charge is 0.337 e. The molecule has 0 N–H and O–H groups in total. The van der Waals surface area contributed by atoms with Gasteiger partial charge in [-0.1, -0.05) is 33.1 Å². The summed E-state index contributed by atoms with van der Waals surface area (Å²) in [4.78, 5) is 10.9. The van der Waals surface area contributed by atoms with Gasteiger partial charge in [0.05, 0.1) is 12.2 Å². The van der Waals surface area contributed by atoms with Crippen molar-refractivity contribution in [2.24, 2.45) is 5.92 Å². The number of rotatable bonds is 4. The first kappa shape index (κ1) is 9.95. The largest absolute Gasteiger partial charge is 0.462 e. The lowest BCUT2D eigenvalue weighted by Gasteiger charge is -2.05. The van der Waals surface area contributed by atoms with E-state index in [0.29, 0.717) is 18.1 Å². The van der Waals surface area contributed by atoms with Gasteiger partial charge < -0.3 is 4.74 Å². The lowest BCUT2D eigenvalue weighted by molar-refractivity contribution is -0.139. The van der Waals surface area contributed by atoms with Gasteiger partial charge in [0.15, 0.2) is 0 Å². The highest BCUT2D eigenvalue weighted by Gasteiger charge is 2.04. The Morgan fingerprint density at radius 3 is 2.55 bits per heavy atom. The lowest BCUT2D eigenvalue weighted by atomic mass is 10.2. The molecule has 0 saturated heterocycles. The van der Waals surface area contributed by atoms with Gasteiger partial charge in [-0.15, -0.1) is 0 Å². The van der Waals surface area contributed by atoms with E-state index in [0.717, 1.165) is 0 Å². The minimum atomic E-state index is -0.381. The Balaban J connectivity index is 3.70. The number of carbonyl (C=O) groups is 1. The van der Waals surface area contributed by atoms with Crippen molar-refractivity contribution in [2.75, 3.05) is 6.61 Å². The van der Waals surface area contributed by atoms with E-state index in [1.165, 1.54) is 6.08 Å². The molecule has 0 aliphatic carbocycles. The van der Waals surface area contributed by atoms with Gasteiger partial charge in [0.1, 0.15) is 0 Å². The molecule has 0 spiro atoms. The molecule has 0 aliphatic rings. The standard InChI is InChI=1S/C9H14O2/c1-5-8(4)9(10)11-6-7(2)3/h5,7H,1,4,6H2,2-3H3. The molecule has 0 aromatic heterocycles. The number of carbonyl (C=O) groups excluding carboxylic acids is 1. The highest BCUT2D eigenvalue weighted by Crippen LogP contribution is 1.98. The summed E-state index contributed by atoms with van der Waals surface area (Å²) in [5.41, 5.74) is 0.311. The molecule has 2 nitrogen and oxygen atoms in total. The van der Waals surface area contributed by atoms with Crippen LogP contribution >= 0.6 is 0 Å². The molecule has 0 fully saturated rings. The average molecular weight is 154 g/mol. The normalized spacial score (nSPS) is 9.36. The molecule has 11 heavy (non-hydrogen) atoms. The molecule has 0 radical (unpaired) electrons. The van der Waals surface area contributed by atoms with Crippen LogP contribution in [-0.2, 0) is 9.53 Å². The first-order valence-corrected chi connectivity index (χ1v) is 3.56. The summed E-state index contributed by atoms with van der Waals surface area (Å²) in [6.07, 6.45) is 1.39. The average Bonchev–Trinajstić information content (AvgIpc) is 1.98. The second-order valence-corrected chi connectivity index (χ2v) is 2.72. The lowest BCUT2D eigenvalue weighted by Crippen LogP contribution is -2.10. The van der Waals surface area contributed by atoms with E-state index >= 15 is 0 Å². The van der Waals surface area contributed by atoms with E-state index in [4.69, 9.17) is 4.74 Å². The van der Waals surface area contributed by atoms with Crippen molar-refractivity contribution in [3.8, 4) is 0 Å². The van der Waals surface area contributed by atoms with Gasteiger partial charge in [0.25, 0.3) is 0 Å². The summed E-state index contributed by atoms with van der Waals surface area (Å²) >= 11 is 0. The number of esters is 1. The predicted octanol–water partition coefficient (Wildman–Crippen LogP) is 1.93. The van der Waals surface area contributed by atoms with E-state index in [9.17, 15) is 4.79 Å². The summed E-state index contributed by atoms with van der Waals surface area (Å²) in [7, 11) is 0.